The van der Waals surface area contributed by atoms with Crippen molar-refractivity contribution in [1.29, 1.82) is 0 Å². The fourth-order valence-electron chi connectivity index (χ4n) is 1.14. The number of hydrogen-bond donors (Lipinski definition) is 1. The molecule has 0 amide bonds. The topological polar surface area (TPSA) is 84.8 Å². The van der Waals surface area contributed by atoms with Gasteiger partial charge in [-0.1, -0.05) is 23.2 Å². The number of nitrogens with zero attached hydrogens (tertiary/aromatic N) is 3. The molecule has 18 heavy (non-hydrogen) atoms. The van der Waals surface area contributed by atoms with Crippen LogP contribution < -0.4 is 4.72 Å². The highest BCUT2D eigenvalue weighted by Gasteiger charge is 2.15. The van der Waals surface area contributed by atoms with E-state index in [1.165, 1.54) is 24.4 Å². The van der Waals surface area contributed by atoms with Gasteiger partial charge >= 0.3 is 0 Å². The molecule has 0 atom stereocenters. The molecule has 0 aliphatic carbocycles. The van der Waals surface area contributed by atoms with Crippen LogP contribution in [0.1, 0.15) is 0 Å². The van der Waals surface area contributed by atoms with Crippen molar-refractivity contribution in [1.82, 2.24) is 15.0 Å². The van der Waals surface area contributed by atoms with Gasteiger partial charge in [0.2, 0.25) is 0 Å². The fraction of sp³-hybridized carbons (Fsp3) is 0. The lowest BCUT2D eigenvalue weighted by Crippen LogP contribution is -2.14. The third-order valence-corrected chi connectivity index (χ3v) is 3.65. The highest BCUT2D eigenvalue weighted by Crippen LogP contribution is 2.17. The monoisotopic (exact) mass is 304 g/mol. The zero-order chi connectivity index (χ0) is 13.2. The van der Waals surface area contributed by atoms with Crippen LogP contribution in [-0.2, 0) is 10.0 Å². The van der Waals surface area contributed by atoms with Crippen molar-refractivity contribution < 1.29 is 8.42 Å². The molecule has 0 spiro atoms. The summed E-state index contributed by atoms with van der Waals surface area (Å²) >= 11 is 11.3. The van der Waals surface area contributed by atoms with Crippen LogP contribution >= 0.6 is 23.2 Å². The van der Waals surface area contributed by atoms with Crippen molar-refractivity contribution >= 4 is 39.0 Å². The number of rotatable bonds is 3. The van der Waals surface area contributed by atoms with Gasteiger partial charge in [0.25, 0.3) is 10.0 Å². The zero-order valence-corrected chi connectivity index (χ0v) is 11.0. The van der Waals surface area contributed by atoms with Crippen molar-refractivity contribution in [2.75, 3.05) is 4.72 Å². The van der Waals surface area contributed by atoms with Crippen molar-refractivity contribution in [3.05, 3.63) is 41.0 Å². The lowest BCUT2D eigenvalue weighted by molar-refractivity contribution is 0.601. The third kappa shape index (κ3) is 3.06. The minimum atomic E-state index is -3.78. The Morgan fingerprint density at radius 2 is 1.78 bits per heavy atom. The fourth-order valence-corrected chi connectivity index (χ4v) is 2.54. The number of anilines is 1. The maximum atomic E-state index is 12.0. The van der Waals surface area contributed by atoms with Crippen LogP contribution in [-0.4, -0.2) is 23.4 Å². The molecule has 94 valence electrons. The Hall–Kier alpha value is -1.44. The number of halogens is 2. The number of nitrogens with one attached hydrogen (secondary N) is 1. The van der Waals surface area contributed by atoms with Gasteiger partial charge in [-0.25, -0.2) is 23.4 Å². The van der Waals surface area contributed by atoms with Gasteiger partial charge in [-0.05, 0) is 12.1 Å². The maximum Gasteiger partial charge on any atom is 0.263 e. The number of hydrogen-bond acceptors (Lipinski definition) is 5. The van der Waals surface area contributed by atoms with Gasteiger partial charge in [0.05, 0.1) is 4.90 Å². The van der Waals surface area contributed by atoms with Crippen molar-refractivity contribution in [3.63, 3.8) is 0 Å². The largest absolute Gasteiger partial charge is 0.263 e. The first-order valence-electron chi connectivity index (χ1n) is 4.59. The van der Waals surface area contributed by atoms with Crippen LogP contribution in [0.5, 0.6) is 0 Å². The first-order chi connectivity index (χ1) is 8.47. The first kappa shape index (κ1) is 13.0. The van der Waals surface area contributed by atoms with Crippen molar-refractivity contribution in [2.45, 2.75) is 4.90 Å². The van der Waals surface area contributed by atoms with Crippen LogP contribution in [0.15, 0.2) is 35.6 Å². The van der Waals surface area contributed by atoms with Gasteiger partial charge in [0, 0.05) is 12.3 Å². The average molecular weight is 305 g/mol. The van der Waals surface area contributed by atoms with Crippen molar-refractivity contribution in [2.24, 2.45) is 0 Å². The molecule has 0 aliphatic heterocycles. The van der Waals surface area contributed by atoms with E-state index in [-0.39, 0.29) is 21.0 Å². The number of sulfonamides is 1. The molecule has 9 heteroatoms. The van der Waals surface area contributed by atoms with E-state index in [0.717, 1.165) is 6.33 Å². The Balaban J connectivity index is 2.33. The lowest BCUT2D eigenvalue weighted by atomic mass is 10.5. The second-order valence-corrected chi connectivity index (χ2v) is 5.60. The van der Waals surface area contributed by atoms with Gasteiger partial charge in [-0.15, -0.1) is 0 Å². The molecule has 0 aromatic carbocycles. The van der Waals surface area contributed by atoms with Gasteiger partial charge in [0.15, 0.2) is 0 Å². The normalized spacial score (nSPS) is 11.2. The molecule has 0 bridgehead atoms. The van der Waals surface area contributed by atoms with Gasteiger partial charge in [0.1, 0.15) is 22.5 Å². The van der Waals surface area contributed by atoms with Gasteiger partial charge in [-0.2, -0.15) is 0 Å². The first-order valence-corrected chi connectivity index (χ1v) is 6.83. The summed E-state index contributed by atoms with van der Waals surface area (Å²) in [5, 5.41) is 0.217. The summed E-state index contributed by atoms with van der Waals surface area (Å²) in [6.07, 6.45) is 2.45. The second kappa shape index (κ2) is 5.05. The van der Waals surface area contributed by atoms with E-state index >= 15 is 0 Å². The summed E-state index contributed by atoms with van der Waals surface area (Å²) in [5.74, 6) is 0.0722. The van der Waals surface area contributed by atoms with E-state index in [1.807, 2.05) is 0 Å². The molecule has 0 fully saturated rings. The molecule has 2 aromatic heterocycles. The molecule has 2 aromatic rings. The number of pyridine rings is 1. The number of aromatic nitrogens is 3. The standard InChI is InChI=1S/C9H6Cl2N4O2S/c10-7-3-6(1-2-12-7)18(16,17)15-9-4-8(11)13-5-14-9/h1-5H,(H,13,14,15). The molecule has 6 nitrogen and oxygen atoms in total. The summed E-state index contributed by atoms with van der Waals surface area (Å²) in [7, 11) is -3.78. The van der Waals surface area contributed by atoms with E-state index in [1.54, 1.807) is 0 Å². The molecule has 2 rings (SSSR count). The molecular formula is C9H6Cl2N4O2S. The van der Waals surface area contributed by atoms with Crippen LogP contribution in [0.2, 0.25) is 10.3 Å². The Labute approximate surface area is 113 Å². The van der Waals surface area contributed by atoms with Gasteiger partial charge in [-0.3, -0.25) is 4.72 Å². The quantitative estimate of drug-likeness (QED) is 0.692. The van der Waals surface area contributed by atoms with Crippen molar-refractivity contribution in [3.8, 4) is 0 Å². The molecule has 0 saturated carbocycles. The maximum absolute atomic E-state index is 12.0. The molecule has 0 radical (unpaired) electrons. The summed E-state index contributed by atoms with van der Waals surface area (Å²) in [6.45, 7) is 0. The molecule has 1 N–H and O–H groups in total. The minimum Gasteiger partial charge on any atom is -0.263 e. The highest BCUT2D eigenvalue weighted by molar-refractivity contribution is 7.92. The van der Waals surface area contributed by atoms with Crippen LogP contribution in [0.3, 0.4) is 0 Å². The molecule has 0 unspecified atom stereocenters. The SMILES string of the molecule is O=S(=O)(Nc1cc(Cl)ncn1)c1ccnc(Cl)c1. The minimum absolute atomic E-state index is 0.0164. The smallest absolute Gasteiger partial charge is 0.263 e. The van der Waals surface area contributed by atoms with Crippen LogP contribution in [0.4, 0.5) is 5.82 Å². The molecule has 0 saturated heterocycles. The molecule has 0 aliphatic rings. The van der Waals surface area contributed by atoms with E-state index < -0.39 is 10.0 Å². The van der Waals surface area contributed by atoms with E-state index in [4.69, 9.17) is 23.2 Å². The summed E-state index contributed by atoms with van der Waals surface area (Å²) in [6, 6.07) is 3.84. The third-order valence-electron chi connectivity index (χ3n) is 1.88. The Morgan fingerprint density at radius 1 is 1.06 bits per heavy atom. The van der Waals surface area contributed by atoms with E-state index in [9.17, 15) is 8.42 Å². The second-order valence-electron chi connectivity index (χ2n) is 3.15. The predicted molar refractivity (Wildman–Crippen MR) is 67.1 cm³/mol. The molecular weight excluding hydrogens is 299 g/mol. The summed E-state index contributed by atoms with van der Waals surface area (Å²) < 4.78 is 26.2. The van der Waals surface area contributed by atoms with Crippen LogP contribution in [0.25, 0.3) is 0 Å². The molecule has 2 heterocycles. The van der Waals surface area contributed by atoms with Crippen LogP contribution in [0, 0.1) is 0 Å². The van der Waals surface area contributed by atoms with Gasteiger partial charge < -0.3 is 0 Å². The zero-order valence-electron chi connectivity index (χ0n) is 8.71. The highest BCUT2D eigenvalue weighted by atomic mass is 35.5. The Kier molecular flexibility index (Phi) is 3.65. The Bertz CT molecular complexity index is 678. The summed E-state index contributed by atoms with van der Waals surface area (Å²) in [5.41, 5.74) is 0. The predicted octanol–water partition coefficient (Wildman–Crippen LogP) is 1.98. The Morgan fingerprint density at radius 3 is 2.44 bits per heavy atom. The average Bonchev–Trinajstić information content (AvgIpc) is 2.28. The van der Waals surface area contributed by atoms with E-state index in [0.29, 0.717) is 0 Å². The van der Waals surface area contributed by atoms with E-state index in [2.05, 4.69) is 19.7 Å². The lowest BCUT2D eigenvalue weighted by Gasteiger charge is -2.06. The summed E-state index contributed by atoms with van der Waals surface area (Å²) in [4.78, 5) is 11.1.